The molecule has 1 unspecified atom stereocenters. The van der Waals surface area contributed by atoms with Crippen LogP contribution in [0.2, 0.25) is 0 Å². The summed E-state index contributed by atoms with van der Waals surface area (Å²) in [5.74, 6) is -0.564. The van der Waals surface area contributed by atoms with Crippen LogP contribution in [0.4, 0.5) is 0 Å². The fourth-order valence-corrected chi connectivity index (χ4v) is 1.93. The fraction of sp³-hybridized carbons (Fsp3) is 0.385. The lowest BCUT2D eigenvalue weighted by Crippen LogP contribution is -2.16. The number of hydrogen-bond donors (Lipinski definition) is 1. The van der Waals surface area contributed by atoms with E-state index >= 15 is 0 Å². The van der Waals surface area contributed by atoms with E-state index < -0.39 is 11.9 Å². The van der Waals surface area contributed by atoms with Crippen LogP contribution < -0.4 is 9.47 Å². The van der Waals surface area contributed by atoms with Crippen molar-refractivity contribution in [2.45, 2.75) is 20.3 Å². The lowest BCUT2D eigenvalue weighted by molar-refractivity contribution is -0.137. The maximum absolute atomic E-state index is 12.1. The van der Waals surface area contributed by atoms with E-state index in [2.05, 4.69) is 0 Å². The first-order chi connectivity index (χ1) is 8.49. The Morgan fingerprint density at radius 2 is 1.94 bits per heavy atom. The van der Waals surface area contributed by atoms with E-state index in [0.29, 0.717) is 17.1 Å². The third-order valence-corrected chi connectivity index (χ3v) is 2.91. The van der Waals surface area contributed by atoms with Crippen LogP contribution in [0.5, 0.6) is 11.5 Å². The number of carboxylic acids is 1. The summed E-state index contributed by atoms with van der Waals surface area (Å²) in [6, 6.07) is 3.36. The van der Waals surface area contributed by atoms with Gasteiger partial charge in [-0.05, 0) is 24.6 Å². The Morgan fingerprint density at radius 3 is 2.56 bits per heavy atom. The maximum Gasteiger partial charge on any atom is 0.304 e. The zero-order valence-corrected chi connectivity index (χ0v) is 10.2. The molecule has 0 bridgehead atoms. The molecule has 0 aromatic heterocycles. The molecular weight excluding hydrogens is 236 g/mol. The number of aryl methyl sites for hydroxylation is 1. The second-order valence-electron chi connectivity index (χ2n) is 4.38. The Hall–Kier alpha value is -2.04. The van der Waals surface area contributed by atoms with Crippen molar-refractivity contribution < 1.29 is 24.2 Å². The number of carbonyl (C=O) groups is 2. The second-order valence-corrected chi connectivity index (χ2v) is 4.38. The minimum atomic E-state index is -0.978. The molecular formula is C13H14O5. The van der Waals surface area contributed by atoms with Crippen LogP contribution in [0.15, 0.2) is 12.1 Å². The summed E-state index contributed by atoms with van der Waals surface area (Å²) in [7, 11) is 0. The number of benzene rings is 1. The number of aliphatic carboxylic acids is 1. The molecule has 1 heterocycles. The average molecular weight is 250 g/mol. The normalized spacial score (nSPS) is 14.3. The monoisotopic (exact) mass is 250 g/mol. The van der Waals surface area contributed by atoms with Crippen LogP contribution in [-0.2, 0) is 4.79 Å². The highest BCUT2D eigenvalue weighted by Crippen LogP contribution is 2.35. The largest absolute Gasteiger partial charge is 0.481 e. The molecule has 0 saturated heterocycles. The first-order valence-corrected chi connectivity index (χ1v) is 5.65. The predicted molar refractivity (Wildman–Crippen MR) is 63.0 cm³/mol. The molecule has 0 radical (unpaired) electrons. The van der Waals surface area contributed by atoms with Gasteiger partial charge in [0.15, 0.2) is 17.3 Å². The predicted octanol–water partition coefficient (Wildman–Crippen LogP) is 2.02. The zero-order chi connectivity index (χ0) is 13.3. The van der Waals surface area contributed by atoms with Gasteiger partial charge in [-0.15, -0.1) is 0 Å². The number of carboxylic acid groups (broad SMARTS) is 1. The highest BCUT2D eigenvalue weighted by Gasteiger charge is 2.23. The molecule has 1 aromatic rings. The highest BCUT2D eigenvalue weighted by molar-refractivity contribution is 6.00. The Kier molecular flexibility index (Phi) is 3.23. The van der Waals surface area contributed by atoms with Gasteiger partial charge < -0.3 is 14.6 Å². The topological polar surface area (TPSA) is 72.8 Å². The third-order valence-electron chi connectivity index (χ3n) is 2.91. The molecule has 2 rings (SSSR count). The zero-order valence-electron chi connectivity index (χ0n) is 10.2. The van der Waals surface area contributed by atoms with Crippen LogP contribution in [0, 0.1) is 12.8 Å². The van der Waals surface area contributed by atoms with E-state index in [-0.39, 0.29) is 19.0 Å². The number of ether oxygens (including phenoxy) is 2. The van der Waals surface area contributed by atoms with Crippen molar-refractivity contribution in [1.82, 2.24) is 0 Å². The van der Waals surface area contributed by atoms with Gasteiger partial charge in [-0.25, -0.2) is 0 Å². The number of ketones is 1. The van der Waals surface area contributed by atoms with Crippen molar-refractivity contribution in [2.24, 2.45) is 5.92 Å². The molecule has 18 heavy (non-hydrogen) atoms. The molecule has 96 valence electrons. The van der Waals surface area contributed by atoms with Crippen molar-refractivity contribution >= 4 is 11.8 Å². The standard InChI is InChI=1S/C13H14O5/c1-7-3-10-11(18-6-17-10)5-9(7)13(16)8(2)4-12(14)15/h3,5,8H,4,6H2,1-2H3,(H,14,15). The summed E-state index contributed by atoms with van der Waals surface area (Å²) in [6.07, 6.45) is -0.174. The molecule has 1 N–H and O–H groups in total. The number of carbonyl (C=O) groups excluding carboxylic acids is 1. The molecule has 0 saturated carbocycles. The summed E-state index contributed by atoms with van der Waals surface area (Å²) < 4.78 is 10.4. The lowest BCUT2D eigenvalue weighted by atomic mass is 9.93. The van der Waals surface area contributed by atoms with Gasteiger partial charge in [-0.1, -0.05) is 6.92 Å². The highest BCUT2D eigenvalue weighted by atomic mass is 16.7. The van der Waals surface area contributed by atoms with Crippen LogP contribution >= 0.6 is 0 Å². The molecule has 5 nitrogen and oxygen atoms in total. The van der Waals surface area contributed by atoms with Gasteiger partial charge in [0.2, 0.25) is 6.79 Å². The number of hydrogen-bond acceptors (Lipinski definition) is 4. The van der Waals surface area contributed by atoms with E-state index in [1.807, 2.05) is 0 Å². The van der Waals surface area contributed by atoms with Crippen molar-refractivity contribution in [3.63, 3.8) is 0 Å². The van der Waals surface area contributed by atoms with Crippen LogP contribution in [-0.4, -0.2) is 23.7 Å². The lowest BCUT2D eigenvalue weighted by Gasteiger charge is -2.11. The van der Waals surface area contributed by atoms with Gasteiger partial charge in [0.1, 0.15) is 0 Å². The minimum Gasteiger partial charge on any atom is -0.481 e. The van der Waals surface area contributed by atoms with Crippen molar-refractivity contribution in [3.05, 3.63) is 23.3 Å². The van der Waals surface area contributed by atoms with Gasteiger partial charge in [0, 0.05) is 11.5 Å². The molecule has 5 heteroatoms. The minimum absolute atomic E-state index is 0.150. The second kappa shape index (κ2) is 4.68. The van der Waals surface area contributed by atoms with E-state index in [1.165, 1.54) is 0 Å². The van der Waals surface area contributed by atoms with Gasteiger partial charge >= 0.3 is 5.97 Å². The SMILES string of the molecule is Cc1cc2c(cc1C(=O)C(C)CC(=O)O)OCO2. The molecule has 1 atom stereocenters. The van der Waals surface area contributed by atoms with Gasteiger partial charge in [0.25, 0.3) is 0 Å². The number of fused-ring (bicyclic) bond motifs is 1. The Morgan fingerprint density at radius 1 is 1.33 bits per heavy atom. The van der Waals surface area contributed by atoms with Crippen LogP contribution in [0.3, 0.4) is 0 Å². The van der Waals surface area contributed by atoms with E-state index in [4.69, 9.17) is 14.6 Å². The summed E-state index contributed by atoms with van der Waals surface area (Å²) in [5.41, 5.74) is 1.26. The molecule has 1 aliphatic heterocycles. The summed E-state index contributed by atoms with van der Waals surface area (Å²) in [4.78, 5) is 22.8. The van der Waals surface area contributed by atoms with Gasteiger partial charge in [-0.3, -0.25) is 9.59 Å². The number of rotatable bonds is 4. The third kappa shape index (κ3) is 2.30. The fourth-order valence-electron chi connectivity index (χ4n) is 1.93. The molecule has 0 aliphatic carbocycles. The Labute approximate surface area is 104 Å². The number of Topliss-reactive ketones (excluding diaryl/α,β-unsaturated/α-hetero) is 1. The van der Waals surface area contributed by atoms with Gasteiger partial charge in [0.05, 0.1) is 6.42 Å². The van der Waals surface area contributed by atoms with Crippen molar-refractivity contribution in [2.75, 3.05) is 6.79 Å². The summed E-state index contributed by atoms with van der Waals surface area (Å²) in [5, 5.41) is 8.71. The molecule has 0 amide bonds. The Balaban J connectivity index is 2.28. The smallest absolute Gasteiger partial charge is 0.304 e. The maximum atomic E-state index is 12.1. The summed E-state index contributed by atoms with van der Waals surface area (Å²) >= 11 is 0. The van der Waals surface area contributed by atoms with Crippen LogP contribution in [0.1, 0.15) is 29.3 Å². The van der Waals surface area contributed by atoms with E-state index in [0.717, 1.165) is 5.56 Å². The molecule has 0 fully saturated rings. The first-order valence-electron chi connectivity index (χ1n) is 5.65. The van der Waals surface area contributed by atoms with E-state index in [1.54, 1.807) is 26.0 Å². The molecule has 0 spiro atoms. The first kappa shape index (κ1) is 12.4. The molecule has 1 aliphatic rings. The van der Waals surface area contributed by atoms with Crippen molar-refractivity contribution in [3.8, 4) is 11.5 Å². The molecule has 1 aromatic carbocycles. The Bertz CT molecular complexity index is 506. The quantitative estimate of drug-likeness (QED) is 0.827. The van der Waals surface area contributed by atoms with Crippen LogP contribution in [0.25, 0.3) is 0 Å². The van der Waals surface area contributed by atoms with E-state index in [9.17, 15) is 9.59 Å². The summed E-state index contributed by atoms with van der Waals surface area (Å²) in [6.45, 7) is 3.56. The van der Waals surface area contributed by atoms with Gasteiger partial charge in [-0.2, -0.15) is 0 Å². The van der Waals surface area contributed by atoms with Crippen molar-refractivity contribution in [1.29, 1.82) is 0 Å². The average Bonchev–Trinajstić information content (AvgIpc) is 2.72.